The molecule has 20 heavy (non-hydrogen) atoms. The third-order valence-corrected chi connectivity index (χ3v) is 3.42. The van der Waals surface area contributed by atoms with E-state index < -0.39 is 5.97 Å². The second-order valence-electron chi connectivity index (χ2n) is 6.06. The lowest BCUT2D eigenvalue weighted by Crippen LogP contribution is -2.10. The van der Waals surface area contributed by atoms with Crippen LogP contribution in [0.4, 0.5) is 0 Å². The van der Waals surface area contributed by atoms with Gasteiger partial charge in [-0.3, -0.25) is 4.79 Å². The maximum atomic E-state index is 10.9. The molecule has 0 aliphatic rings. The molecule has 2 aromatic rings. The lowest BCUT2D eigenvalue weighted by molar-refractivity contribution is -0.136. The molecule has 2 aromatic carbocycles. The van der Waals surface area contributed by atoms with E-state index in [1.54, 1.807) is 0 Å². The minimum absolute atomic E-state index is 0.0528. The van der Waals surface area contributed by atoms with E-state index in [0.29, 0.717) is 0 Å². The van der Waals surface area contributed by atoms with Gasteiger partial charge >= 0.3 is 5.97 Å². The smallest absolute Gasteiger partial charge is 0.307 e. The second-order valence-corrected chi connectivity index (χ2v) is 6.06. The first kappa shape index (κ1) is 14.3. The van der Waals surface area contributed by atoms with E-state index in [4.69, 9.17) is 5.11 Å². The molecule has 0 aliphatic carbocycles. The molecule has 0 radical (unpaired) electrons. The maximum Gasteiger partial charge on any atom is 0.307 e. The number of rotatable bonds is 3. The summed E-state index contributed by atoms with van der Waals surface area (Å²) in [5, 5.41) is 8.99. The Labute approximate surface area is 120 Å². The Kier molecular flexibility index (Phi) is 3.93. The lowest BCUT2D eigenvalue weighted by Gasteiger charge is -2.19. The van der Waals surface area contributed by atoms with Crippen LogP contribution in [0.15, 0.2) is 48.5 Å². The summed E-state index contributed by atoms with van der Waals surface area (Å²) < 4.78 is 0. The van der Waals surface area contributed by atoms with Gasteiger partial charge in [0.2, 0.25) is 0 Å². The molecule has 0 aromatic heterocycles. The normalized spacial score (nSPS) is 11.3. The average molecular weight is 268 g/mol. The van der Waals surface area contributed by atoms with Crippen molar-refractivity contribution in [1.82, 2.24) is 0 Å². The highest BCUT2D eigenvalue weighted by molar-refractivity contribution is 5.76. The van der Waals surface area contributed by atoms with Crippen molar-refractivity contribution in [2.24, 2.45) is 0 Å². The van der Waals surface area contributed by atoms with E-state index in [9.17, 15) is 4.79 Å². The first-order valence-corrected chi connectivity index (χ1v) is 6.78. The molecule has 0 heterocycles. The minimum Gasteiger partial charge on any atom is -0.481 e. The summed E-state index contributed by atoms with van der Waals surface area (Å²) in [4.78, 5) is 10.9. The van der Waals surface area contributed by atoms with Crippen molar-refractivity contribution >= 4 is 5.97 Å². The van der Waals surface area contributed by atoms with Gasteiger partial charge in [-0.05, 0) is 27.7 Å². The molecular formula is C18H20O2. The number of carboxylic acid groups (broad SMARTS) is 1. The van der Waals surface area contributed by atoms with Gasteiger partial charge in [0.05, 0.1) is 6.42 Å². The molecule has 0 amide bonds. The molecule has 0 spiro atoms. The SMILES string of the molecule is CC(C)(C)c1ccc(-c2ccccc2CC(=O)O)cc1. The van der Waals surface area contributed by atoms with Crippen molar-refractivity contribution in [3.05, 3.63) is 59.7 Å². The van der Waals surface area contributed by atoms with E-state index >= 15 is 0 Å². The van der Waals surface area contributed by atoms with Crippen LogP contribution in [0.1, 0.15) is 31.9 Å². The molecule has 104 valence electrons. The summed E-state index contributed by atoms with van der Waals surface area (Å²) in [6, 6.07) is 16.1. The van der Waals surface area contributed by atoms with Gasteiger partial charge in [0.25, 0.3) is 0 Å². The molecule has 1 N–H and O–H groups in total. The number of aliphatic carboxylic acids is 1. The lowest BCUT2D eigenvalue weighted by atomic mass is 9.86. The van der Waals surface area contributed by atoms with Crippen molar-refractivity contribution < 1.29 is 9.90 Å². The van der Waals surface area contributed by atoms with E-state index in [1.807, 2.05) is 24.3 Å². The van der Waals surface area contributed by atoms with Gasteiger partial charge in [-0.1, -0.05) is 69.3 Å². The number of carbonyl (C=O) groups is 1. The van der Waals surface area contributed by atoms with Crippen molar-refractivity contribution in [1.29, 1.82) is 0 Å². The number of hydrogen-bond acceptors (Lipinski definition) is 1. The molecule has 2 heteroatoms. The fourth-order valence-electron chi connectivity index (χ4n) is 2.27. The first-order valence-electron chi connectivity index (χ1n) is 6.78. The third kappa shape index (κ3) is 3.27. The Hall–Kier alpha value is -2.09. The van der Waals surface area contributed by atoms with Gasteiger partial charge in [0.1, 0.15) is 0 Å². The zero-order chi connectivity index (χ0) is 14.8. The van der Waals surface area contributed by atoms with Crippen LogP contribution >= 0.6 is 0 Å². The Bertz CT molecular complexity index is 604. The monoisotopic (exact) mass is 268 g/mol. The van der Waals surface area contributed by atoms with Gasteiger partial charge in [-0.15, -0.1) is 0 Å². The van der Waals surface area contributed by atoms with Gasteiger partial charge < -0.3 is 5.11 Å². The Balaban J connectivity index is 2.39. The average Bonchev–Trinajstić information content (AvgIpc) is 2.38. The van der Waals surface area contributed by atoms with Crippen LogP contribution < -0.4 is 0 Å². The summed E-state index contributed by atoms with van der Waals surface area (Å²) in [7, 11) is 0. The van der Waals surface area contributed by atoms with Crippen LogP contribution in [-0.4, -0.2) is 11.1 Å². The van der Waals surface area contributed by atoms with Gasteiger partial charge in [0.15, 0.2) is 0 Å². The van der Waals surface area contributed by atoms with E-state index in [-0.39, 0.29) is 11.8 Å². The molecule has 2 rings (SSSR count). The molecule has 2 nitrogen and oxygen atoms in total. The molecule has 0 atom stereocenters. The van der Waals surface area contributed by atoms with Crippen LogP contribution in [0, 0.1) is 0 Å². The molecule has 0 unspecified atom stereocenters. The molecule has 0 saturated heterocycles. The summed E-state index contributed by atoms with van der Waals surface area (Å²) in [5.41, 5.74) is 4.31. The Morgan fingerprint density at radius 2 is 1.60 bits per heavy atom. The van der Waals surface area contributed by atoms with E-state index in [1.165, 1.54) is 5.56 Å². The second kappa shape index (κ2) is 5.49. The zero-order valence-electron chi connectivity index (χ0n) is 12.2. The fraction of sp³-hybridized carbons (Fsp3) is 0.278. The summed E-state index contributed by atoms with van der Waals surface area (Å²) >= 11 is 0. The molecule has 0 saturated carbocycles. The fourth-order valence-corrected chi connectivity index (χ4v) is 2.27. The van der Waals surface area contributed by atoms with Gasteiger partial charge in [-0.2, -0.15) is 0 Å². The largest absolute Gasteiger partial charge is 0.481 e. The molecular weight excluding hydrogens is 248 g/mol. The van der Waals surface area contributed by atoms with Crippen LogP contribution in [0.3, 0.4) is 0 Å². The van der Waals surface area contributed by atoms with Crippen LogP contribution in [0.2, 0.25) is 0 Å². The van der Waals surface area contributed by atoms with Crippen molar-refractivity contribution in [2.75, 3.05) is 0 Å². The highest BCUT2D eigenvalue weighted by Gasteiger charge is 2.14. The van der Waals surface area contributed by atoms with Crippen molar-refractivity contribution in [2.45, 2.75) is 32.6 Å². The molecule has 0 fully saturated rings. The standard InChI is InChI=1S/C18H20O2/c1-18(2,3)15-10-8-13(9-11-15)16-7-5-4-6-14(16)12-17(19)20/h4-11H,12H2,1-3H3,(H,19,20). The Morgan fingerprint density at radius 1 is 1.00 bits per heavy atom. The highest BCUT2D eigenvalue weighted by Crippen LogP contribution is 2.28. The van der Waals surface area contributed by atoms with Gasteiger partial charge in [-0.25, -0.2) is 0 Å². The summed E-state index contributed by atoms with van der Waals surface area (Å²) in [6.07, 6.45) is 0.0528. The Morgan fingerprint density at radius 3 is 2.15 bits per heavy atom. The van der Waals surface area contributed by atoms with Crippen LogP contribution in [0.25, 0.3) is 11.1 Å². The minimum atomic E-state index is -0.802. The number of benzene rings is 2. The quantitative estimate of drug-likeness (QED) is 0.902. The summed E-state index contributed by atoms with van der Waals surface area (Å²) in [6.45, 7) is 6.54. The van der Waals surface area contributed by atoms with Crippen LogP contribution in [0.5, 0.6) is 0 Å². The molecule has 0 aliphatic heterocycles. The van der Waals surface area contributed by atoms with Gasteiger partial charge in [0, 0.05) is 0 Å². The highest BCUT2D eigenvalue weighted by atomic mass is 16.4. The topological polar surface area (TPSA) is 37.3 Å². The van der Waals surface area contributed by atoms with Crippen LogP contribution in [-0.2, 0) is 16.6 Å². The van der Waals surface area contributed by atoms with E-state index in [0.717, 1.165) is 16.7 Å². The predicted molar refractivity (Wildman–Crippen MR) is 81.9 cm³/mol. The third-order valence-electron chi connectivity index (χ3n) is 3.42. The zero-order valence-corrected chi connectivity index (χ0v) is 12.2. The van der Waals surface area contributed by atoms with Crippen molar-refractivity contribution in [3.63, 3.8) is 0 Å². The molecule has 0 bridgehead atoms. The van der Waals surface area contributed by atoms with E-state index in [2.05, 4.69) is 45.0 Å². The summed E-state index contributed by atoms with van der Waals surface area (Å²) in [5.74, 6) is -0.802. The first-order chi connectivity index (χ1) is 9.38. The number of carboxylic acids is 1. The predicted octanol–water partition coefficient (Wildman–Crippen LogP) is 4.28. The van der Waals surface area contributed by atoms with Crippen molar-refractivity contribution in [3.8, 4) is 11.1 Å². The number of hydrogen-bond donors (Lipinski definition) is 1. The maximum absolute atomic E-state index is 10.9.